The first kappa shape index (κ1) is 17.1. The number of nitrogens with one attached hydrogen (secondary N) is 1. The van der Waals surface area contributed by atoms with Gasteiger partial charge in [0.25, 0.3) is 0 Å². The molecule has 0 aromatic heterocycles. The molecular weight excluding hydrogens is 370 g/mol. The molecule has 0 fully saturated rings. The van der Waals surface area contributed by atoms with Gasteiger partial charge in [-0.15, -0.1) is 0 Å². The molecule has 4 nitrogen and oxygen atoms in total. The highest BCUT2D eigenvalue weighted by atomic mass is 79.9. The number of carbonyl (C=O) groups is 2. The van der Waals surface area contributed by atoms with Crippen LogP contribution >= 0.6 is 15.9 Å². The molecule has 0 saturated heterocycles. The van der Waals surface area contributed by atoms with Gasteiger partial charge in [0.15, 0.2) is 0 Å². The summed E-state index contributed by atoms with van der Waals surface area (Å²) < 4.78 is 27.2. The lowest BCUT2D eigenvalue weighted by atomic mass is 10.2. The molecule has 2 amide bonds. The highest BCUT2D eigenvalue weighted by Crippen LogP contribution is 2.19. The van der Waals surface area contributed by atoms with E-state index in [0.717, 1.165) is 16.6 Å². The summed E-state index contributed by atoms with van der Waals surface area (Å²) in [5, 5.41) is 2.32. The topological polar surface area (TPSA) is 49.4 Å². The van der Waals surface area contributed by atoms with E-state index in [9.17, 15) is 18.4 Å². The van der Waals surface area contributed by atoms with E-state index >= 15 is 0 Å². The second-order valence-corrected chi connectivity index (χ2v) is 5.67. The van der Waals surface area contributed by atoms with Gasteiger partial charge in [0.1, 0.15) is 18.2 Å². The summed E-state index contributed by atoms with van der Waals surface area (Å²) in [7, 11) is 0. The summed E-state index contributed by atoms with van der Waals surface area (Å²) in [6.07, 6.45) is 0. The van der Waals surface area contributed by atoms with Crippen molar-refractivity contribution in [3.8, 4) is 0 Å². The minimum atomic E-state index is -0.878. The van der Waals surface area contributed by atoms with E-state index in [1.54, 1.807) is 24.3 Å². The number of hydrogen-bond donors (Lipinski definition) is 1. The standard InChI is InChI=1S/C16H13BrF2N2O2/c1-10(22)21(13-5-2-11(17)3-6-13)9-16(23)20-15-7-4-12(18)8-14(15)19/h2-8H,9H2,1H3,(H,20,23). The van der Waals surface area contributed by atoms with E-state index in [2.05, 4.69) is 21.2 Å². The highest BCUT2D eigenvalue weighted by Gasteiger charge is 2.17. The molecule has 120 valence electrons. The molecule has 0 bridgehead atoms. The Balaban J connectivity index is 2.12. The first-order valence-corrected chi connectivity index (χ1v) is 7.44. The van der Waals surface area contributed by atoms with Crippen LogP contribution in [0, 0.1) is 11.6 Å². The maximum Gasteiger partial charge on any atom is 0.244 e. The first-order chi connectivity index (χ1) is 10.9. The van der Waals surface area contributed by atoms with Gasteiger partial charge >= 0.3 is 0 Å². The fourth-order valence-corrected chi connectivity index (χ4v) is 2.19. The molecule has 0 radical (unpaired) electrons. The number of carbonyl (C=O) groups excluding carboxylic acids is 2. The van der Waals surface area contributed by atoms with Crippen molar-refractivity contribution < 1.29 is 18.4 Å². The Morgan fingerprint density at radius 1 is 1.13 bits per heavy atom. The Hall–Kier alpha value is -2.28. The van der Waals surface area contributed by atoms with E-state index in [0.29, 0.717) is 11.8 Å². The van der Waals surface area contributed by atoms with Crippen LogP contribution < -0.4 is 10.2 Å². The molecule has 7 heteroatoms. The zero-order valence-electron chi connectivity index (χ0n) is 12.1. The van der Waals surface area contributed by atoms with Gasteiger partial charge in [0.05, 0.1) is 5.69 Å². The third kappa shape index (κ3) is 4.59. The lowest BCUT2D eigenvalue weighted by molar-refractivity contribution is -0.120. The molecule has 0 heterocycles. The number of benzene rings is 2. The van der Waals surface area contributed by atoms with Crippen LogP contribution in [0.4, 0.5) is 20.2 Å². The van der Waals surface area contributed by atoms with Gasteiger partial charge in [0.2, 0.25) is 11.8 Å². The fourth-order valence-electron chi connectivity index (χ4n) is 1.93. The number of nitrogens with zero attached hydrogens (tertiary/aromatic N) is 1. The summed E-state index contributed by atoms with van der Waals surface area (Å²) in [6, 6.07) is 9.67. The summed E-state index contributed by atoms with van der Waals surface area (Å²) in [5.74, 6) is -2.53. The summed E-state index contributed by atoms with van der Waals surface area (Å²) in [6.45, 7) is 1.04. The number of rotatable bonds is 4. The monoisotopic (exact) mass is 382 g/mol. The molecule has 0 aliphatic heterocycles. The van der Waals surface area contributed by atoms with Crippen LogP contribution in [0.3, 0.4) is 0 Å². The molecular formula is C16H13BrF2N2O2. The van der Waals surface area contributed by atoms with Crippen molar-refractivity contribution in [3.63, 3.8) is 0 Å². The quantitative estimate of drug-likeness (QED) is 0.875. The van der Waals surface area contributed by atoms with E-state index in [1.165, 1.54) is 11.8 Å². The zero-order valence-corrected chi connectivity index (χ0v) is 13.7. The molecule has 0 aliphatic rings. The third-order valence-corrected chi connectivity index (χ3v) is 3.55. The summed E-state index contributed by atoms with van der Waals surface area (Å²) in [4.78, 5) is 25.0. The summed E-state index contributed by atoms with van der Waals surface area (Å²) >= 11 is 3.29. The molecule has 23 heavy (non-hydrogen) atoms. The molecule has 2 aromatic rings. The van der Waals surface area contributed by atoms with Gasteiger partial charge in [-0.2, -0.15) is 0 Å². The molecule has 0 aliphatic carbocycles. The molecule has 1 N–H and O–H groups in total. The molecule has 2 rings (SSSR count). The molecule has 0 atom stereocenters. The Kier molecular flexibility index (Phi) is 5.44. The average Bonchev–Trinajstić information content (AvgIpc) is 2.48. The van der Waals surface area contributed by atoms with Crippen LogP contribution in [-0.4, -0.2) is 18.4 Å². The van der Waals surface area contributed by atoms with E-state index < -0.39 is 17.5 Å². The summed E-state index contributed by atoms with van der Waals surface area (Å²) in [5.41, 5.74) is 0.395. The Morgan fingerprint density at radius 2 is 1.78 bits per heavy atom. The first-order valence-electron chi connectivity index (χ1n) is 6.65. The van der Waals surface area contributed by atoms with Gasteiger partial charge in [-0.05, 0) is 36.4 Å². The van der Waals surface area contributed by atoms with Crippen LogP contribution in [0.25, 0.3) is 0 Å². The van der Waals surface area contributed by atoms with E-state index in [1.807, 2.05) is 0 Å². The number of anilines is 2. The van der Waals surface area contributed by atoms with Crippen LogP contribution in [0.1, 0.15) is 6.92 Å². The van der Waals surface area contributed by atoms with Gasteiger partial charge < -0.3 is 10.2 Å². The van der Waals surface area contributed by atoms with Gasteiger partial charge in [-0.3, -0.25) is 9.59 Å². The SMILES string of the molecule is CC(=O)N(CC(=O)Nc1ccc(F)cc1F)c1ccc(Br)cc1. The number of hydrogen-bond acceptors (Lipinski definition) is 2. The van der Waals surface area contributed by atoms with Crippen molar-refractivity contribution in [3.05, 3.63) is 58.6 Å². The number of halogens is 3. The van der Waals surface area contributed by atoms with Crippen LogP contribution in [-0.2, 0) is 9.59 Å². The molecule has 0 spiro atoms. The van der Waals surface area contributed by atoms with Crippen molar-refractivity contribution in [2.24, 2.45) is 0 Å². The van der Waals surface area contributed by atoms with Crippen molar-refractivity contribution >= 4 is 39.1 Å². The molecule has 0 unspecified atom stereocenters. The second kappa shape index (κ2) is 7.32. The molecule has 2 aromatic carbocycles. The Morgan fingerprint density at radius 3 is 2.35 bits per heavy atom. The van der Waals surface area contributed by atoms with Gasteiger partial charge in [0, 0.05) is 23.2 Å². The zero-order chi connectivity index (χ0) is 17.0. The maximum absolute atomic E-state index is 13.5. The lowest BCUT2D eigenvalue weighted by Gasteiger charge is -2.20. The minimum Gasteiger partial charge on any atom is -0.322 e. The van der Waals surface area contributed by atoms with Crippen LogP contribution in [0.15, 0.2) is 46.9 Å². The second-order valence-electron chi connectivity index (χ2n) is 4.75. The molecule has 0 saturated carbocycles. The van der Waals surface area contributed by atoms with Crippen molar-refractivity contribution in [1.29, 1.82) is 0 Å². The smallest absolute Gasteiger partial charge is 0.244 e. The average molecular weight is 383 g/mol. The van der Waals surface area contributed by atoms with Gasteiger partial charge in [-0.25, -0.2) is 8.78 Å². The normalized spacial score (nSPS) is 10.3. The van der Waals surface area contributed by atoms with Crippen LogP contribution in [0.5, 0.6) is 0 Å². The maximum atomic E-state index is 13.5. The predicted molar refractivity (Wildman–Crippen MR) is 87.2 cm³/mol. The predicted octanol–water partition coefficient (Wildman–Crippen LogP) is 3.72. The highest BCUT2D eigenvalue weighted by molar-refractivity contribution is 9.10. The fraction of sp³-hybridized carbons (Fsp3) is 0.125. The van der Waals surface area contributed by atoms with E-state index in [4.69, 9.17) is 0 Å². The van der Waals surface area contributed by atoms with Crippen molar-refractivity contribution in [2.45, 2.75) is 6.92 Å². The number of amides is 2. The minimum absolute atomic E-state index is 0.143. The van der Waals surface area contributed by atoms with Crippen molar-refractivity contribution in [2.75, 3.05) is 16.8 Å². The van der Waals surface area contributed by atoms with Gasteiger partial charge in [-0.1, -0.05) is 15.9 Å². The Bertz CT molecular complexity index is 735. The Labute approximate surface area is 140 Å². The van der Waals surface area contributed by atoms with Crippen LogP contribution in [0.2, 0.25) is 0 Å². The van der Waals surface area contributed by atoms with Crippen molar-refractivity contribution in [1.82, 2.24) is 0 Å². The van der Waals surface area contributed by atoms with E-state index in [-0.39, 0.29) is 18.1 Å². The largest absolute Gasteiger partial charge is 0.322 e. The lowest BCUT2D eigenvalue weighted by Crippen LogP contribution is -2.36. The third-order valence-electron chi connectivity index (χ3n) is 3.03.